The Morgan fingerprint density at radius 1 is 1.09 bits per heavy atom. The van der Waals surface area contributed by atoms with Crippen LogP contribution in [0, 0.1) is 0 Å². The second-order valence-electron chi connectivity index (χ2n) is 1.91. The Morgan fingerprint density at radius 3 is 2.09 bits per heavy atom. The van der Waals surface area contributed by atoms with Gasteiger partial charge in [0.1, 0.15) is 0 Å². The Bertz CT molecular complexity index is 260. The summed E-state index contributed by atoms with van der Waals surface area (Å²) in [4.78, 5) is 11.2. The third kappa shape index (κ3) is 1.89. The van der Waals surface area contributed by atoms with E-state index in [0.29, 0.717) is 5.82 Å². The highest BCUT2D eigenvalue weighted by atomic mass is 15.1. The lowest BCUT2D eigenvalue weighted by Crippen LogP contribution is -2.03. The third-order valence-corrected chi connectivity index (χ3v) is 1.00. The van der Waals surface area contributed by atoms with Crippen molar-refractivity contribution in [3.8, 4) is 0 Å². The summed E-state index contributed by atoms with van der Waals surface area (Å²) in [6.45, 7) is 1.86. The van der Waals surface area contributed by atoms with E-state index in [4.69, 9.17) is 11.5 Å². The maximum absolute atomic E-state index is 5.31. The zero-order chi connectivity index (χ0) is 8.27. The molecule has 0 atom stereocenters. The molecule has 58 valence electrons. The van der Waals surface area contributed by atoms with Crippen LogP contribution in [0.4, 0.5) is 11.9 Å². The Balaban J connectivity index is 3.08. The summed E-state index contributed by atoms with van der Waals surface area (Å²) in [6.07, 6.45) is 3.50. The predicted octanol–water partition coefficient (Wildman–Crippen LogP) is 0.0691. The van der Waals surface area contributed by atoms with Crippen LogP contribution >= 0.6 is 0 Å². The maximum atomic E-state index is 5.31. The second-order valence-corrected chi connectivity index (χ2v) is 1.91. The monoisotopic (exact) mass is 151 g/mol. The van der Waals surface area contributed by atoms with Crippen molar-refractivity contribution in [3.63, 3.8) is 0 Å². The molecule has 0 unspecified atom stereocenters. The van der Waals surface area contributed by atoms with E-state index in [1.54, 1.807) is 12.2 Å². The second kappa shape index (κ2) is 2.96. The summed E-state index contributed by atoms with van der Waals surface area (Å²) < 4.78 is 0. The number of hydrogen-bond acceptors (Lipinski definition) is 5. The van der Waals surface area contributed by atoms with Crippen molar-refractivity contribution in [3.05, 3.63) is 11.9 Å². The molecule has 1 aromatic rings. The lowest BCUT2D eigenvalue weighted by molar-refractivity contribution is 1.06. The number of allylic oxidation sites excluding steroid dienone is 1. The molecular weight excluding hydrogens is 142 g/mol. The third-order valence-electron chi connectivity index (χ3n) is 1.00. The number of rotatable bonds is 1. The van der Waals surface area contributed by atoms with E-state index in [-0.39, 0.29) is 11.9 Å². The first kappa shape index (κ1) is 7.46. The standard InChI is InChI=1S/C6H9N5/c1-2-3-4-9-5(7)11-6(8)10-4/h2-3H,1H3,(H4,7,8,9,10,11)/b3-2+. The first-order chi connectivity index (χ1) is 5.22. The summed E-state index contributed by atoms with van der Waals surface area (Å²) in [6, 6.07) is 0. The summed E-state index contributed by atoms with van der Waals surface area (Å²) in [5.74, 6) is 0.772. The summed E-state index contributed by atoms with van der Waals surface area (Å²) in [7, 11) is 0. The number of nitrogens with zero attached hydrogens (tertiary/aromatic N) is 3. The van der Waals surface area contributed by atoms with Crippen LogP contribution in [0.2, 0.25) is 0 Å². The van der Waals surface area contributed by atoms with Gasteiger partial charge in [-0.1, -0.05) is 6.08 Å². The molecule has 0 bridgehead atoms. The molecule has 0 saturated carbocycles. The quantitative estimate of drug-likeness (QED) is 0.592. The number of hydrogen-bond donors (Lipinski definition) is 2. The molecule has 0 radical (unpaired) electrons. The molecule has 5 nitrogen and oxygen atoms in total. The zero-order valence-corrected chi connectivity index (χ0v) is 6.15. The van der Waals surface area contributed by atoms with Crippen LogP contribution in [0.5, 0.6) is 0 Å². The highest BCUT2D eigenvalue weighted by Crippen LogP contribution is 1.99. The average Bonchev–Trinajstić information content (AvgIpc) is 1.85. The van der Waals surface area contributed by atoms with Gasteiger partial charge in [-0.3, -0.25) is 0 Å². The normalized spacial score (nSPS) is 10.6. The molecule has 0 aliphatic carbocycles. The van der Waals surface area contributed by atoms with Gasteiger partial charge in [-0.2, -0.15) is 15.0 Å². The van der Waals surface area contributed by atoms with Gasteiger partial charge >= 0.3 is 0 Å². The Hall–Kier alpha value is -1.65. The van der Waals surface area contributed by atoms with Crippen LogP contribution in [0.25, 0.3) is 6.08 Å². The lowest BCUT2D eigenvalue weighted by Gasteiger charge is -1.95. The largest absolute Gasteiger partial charge is 0.368 e. The van der Waals surface area contributed by atoms with Gasteiger partial charge in [0.15, 0.2) is 5.82 Å². The van der Waals surface area contributed by atoms with Gasteiger partial charge < -0.3 is 11.5 Å². The molecular formula is C6H9N5. The topological polar surface area (TPSA) is 90.7 Å². The van der Waals surface area contributed by atoms with E-state index in [9.17, 15) is 0 Å². The smallest absolute Gasteiger partial charge is 0.225 e. The van der Waals surface area contributed by atoms with E-state index >= 15 is 0 Å². The number of nitrogen functional groups attached to an aromatic ring is 2. The van der Waals surface area contributed by atoms with Crippen LogP contribution in [0.1, 0.15) is 12.7 Å². The minimum absolute atomic E-state index is 0.144. The van der Waals surface area contributed by atoms with Crippen molar-refractivity contribution in [2.75, 3.05) is 11.5 Å². The first-order valence-electron chi connectivity index (χ1n) is 3.12. The molecule has 0 amide bonds. The molecule has 0 spiro atoms. The first-order valence-corrected chi connectivity index (χ1v) is 3.12. The van der Waals surface area contributed by atoms with E-state index in [1.807, 2.05) is 6.92 Å². The molecule has 0 aliphatic rings. The van der Waals surface area contributed by atoms with Gasteiger partial charge in [0.05, 0.1) is 0 Å². The summed E-state index contributed by atoms with van der Waals surface area (Å²) in [5, 5.41) is 0. The molecule has 5 heteroatoms. The minimum atomic E-state index is 0.144. The number of anilines is 2. The molecule has 0 fully saturated rings. The highest BCUT2D eigenvalue weighted by molar-refractivity contribution is 5.43. The van der Waals surface area contributed by atoms with Crippen molar-refractivity contribution < 1.29 is 0 Å². The molecule has 0 saturated heterocycles. The van der Waals surface area contributed by atoms with Crippen LogP contribution in [0.3, 0.4) is 0 Å². The Kier molecular flexibility index (Phi) is 2.00. The number of nitrogens with two attached hydrogens (primary N) is 2. The van der Waals surface area contributed by atoms with Gasteiger partial charge in [0.25, 0.3) is 0 Å². The fourth-order valence-electron chi connectivity index (χ4n) is 0.651. The van der Waals surface area contributed by atoms with Gasteiger partial charge in [0.2, 0.25) is 11.9 Å². The summed E-state index contributed by atoms with van der Waals surface area (Å²) in [5.41, 5.74) is 10.6. The fraction of sp³-hybridized carbons (Fsp3) is 0.167. The van der Waals surface area contributed by atoms with Crippen LogP contribution in [0.15, 0.2) is 6.08 Å². The van der Waals surface area contributed by atoms with Crippen molar-refractivity contribution >= 4 is 18.0 Å². The molecule has 4 N–H and O–H groups in total. The van der Waals surface area contributed by atoms with Gasteiger partial charge in [-0.25, -0.2) is 0 Å². The van der Waals surface area contributed by atoms with Crippen molar-refractivity contribution in [1.82, 2.24) is 15.0 Å². The summed E-state index contributed by atoms with van der Waals surface area (Å²) >= 11 is 0. The van der Waals surface area contributed by atoms with Crippen molar-refractivity contribution in [2.45, 2.75) is 6.92 Å². The predicted molar refractivity (Wildman–Crippen MR) is 43.4 cm³/mol. The molecule has 0 aliphatic heterocycles. The zero-order valence-electron chi connectivity index (χ0n) is 6.15. The van der Waals surface area contributed by atoms with Crippen LogP contribution < -0.4 is 11.5 Å². The molecule has 1 heterocycles. The maximum Gasteiger partial charge on any atom is 0.225 e. The van der Waals surface area contributed by atoms with E-state index in [2.05, 4.69) is 15.0 Å². The highest BCUT2D eigenvalue weighted by Gasteiger charge is 1.95. The van der Waals surface area contributed by atoms with Crippen LogP contribution in [-0.2, 0) is 0 Å². The van der Waals surface area contributed by atoms with Gasteiger partial charge in [-0.05, 0) is 13.0 Å². The number of aromatic nitrogens is 3. The van der Waals surface area contributed by atoms with E-state index in [1.165, 1.54) is 0 Å². The SMILES string of the molecule is C/C=C/c1nc(N)nc(N)n1. The molecule has 1 rings (SSSR count). The van der Waals surface area contributed by atoms with Crippen molar-refractivity contribution in [2.24, 2.45) is 0 Å². The Labute approximate surface area is 64.2 Å². The average molecular weight is 151 g/mol. The van der Waals surface area contributed by atoms with Crippen molar-refractivity contribution in [1.29, 1.82) is 0 Å². The van der Waals surface area contributed by atoms with Gasteiger partial charge in [-0.15, -0.1) is 0 Å². The van der Waals surface area contributed by atoms with E-state index < -0.39 is 0 Å². The van der Waals surface area contributed by atoms with E-state index in [0.717, 1.165) is 0 Å². The Morgan fingerprint density at radius 2 is 1.64 bits per heavy atom. The minimum Gasteiger partial charge on any atom is -0.368 e. The molecule has 11 heavy (non-hydrogen) atoms. The lowest BCUT2D eigenvalue weighted by atomic mass is 10.5. The molecule has 1 aromatic heterocycles. The van der Waals surface area contributed by atoms with Crippen LogP contribution in [-0.4, -0.2) is 15.0 Å². The molecule has 0 aromatic carbocycles. The van der Waals surface area contributed by atoms with Gasteiger partial charge in [0, 0.05) is 0 Å². The fourth-order valence-corrected chi connectivity index (χ4v) is 0.651.